The molecule has 0 amide bonds. The lowest BCUT2D eigenvalue weighted by Gasteiger charge is -2.03. The van der Waals surface area contributed by atoms with Gasteiger partial charge in [0, 0.05) is 12.3 Å². The fraction of sp³-hybridized carbons (Fsp3) is 0.778. The van der Waals surface area contributed by atoms with Crippen molar-refractivity contribution < 1.29 is 9.59 Å². The van der Waals surface area contributed by atoms with Crippen LogP contribution in [-0.4, -0.2) is 11.6 Å². The first-order valence-electron chi connectivity index (χ1n) is 4.23. The van der Waals surface area contributed by atoms with E-state index in [2.05, 4.69) is 0 Å². The molecule has 0 aliphatic heterocycles. The van der Waals surface area contributed by atoms with E-state index in [1.165, 1.54) is 0 Å². The van der Waals surface area contributed by atoms with Crippen LogP contribution in [0, 0.1) is 11.8 Å². The van der Waals surface area contributed by atoms with Crippen molar-refractivity contribution in [2.24, 2.45) is 11.8 Å². The molecule has 2 atom stereocenters. The molecule has 2 nitrogen and oxygen atoms in total. The first kappa shape index (κ1) is 8.44. The number of rotatable bonds is 2. The van der Waals surface area contributed by atoms with Gasteiger partial charge in [0.05, 0.1) is 5.92 Å². The summed E-state index contributed by atoms with van der Waals surface area (Å²) in [4.78, 5) is 22.4. The van der Waals surface area contributed by atoms with Crippen molar-refractivity contribution in [1.82, 2.24) is 0 Å². The molecule has 1 aliphatic carbocycles. The van der Waals surface area contributed by atoms with Crippen molar-refractivity contribution in [2.75, 3.05) is 0 Å². The molecule has 0 aromatic heterocycles. The third-order valence-corrected chi connectivity index (χ3v) is 2.30. The zero-order valence-corrected chi connectivity index (χ0v) is 7.09. The fourth-order valence-electron chi connectivity index (χ4n) is 1.64. The smallest absolute Gasteiger partial charge is 0.146 e. The third kappa shape index (κ3) is 1.50. The van der Waals surface area contributed by atoms with E-state index in [9.17, 15) is 9.59 Å². The number of hydrogen-bond donors (Lipinski definition) is 0. The summed E-state index contributed by atoms with van der Waals surface area (Å²) >= 11 is 0. The van der Waals surface area contributed by atoms with Gasteiger partial charge in [-0.25, -0.2) is 0 Å². The van der Waals surface area contributed by atoms with Crippen LogP contribution in [0.5, 0.6) is 0 Å². The number of Topliss-reactive ketones (excluding diaryl/α,β-unsaturated/α-hetero) is 2. The fourth-order valence-corrected chi connectivity index (χ4v) is 1.64. The summed E-state index contributed by atoms with van der Waals surface area (Å²) in [6, 6.07) is 0. The van der Waals surface area contributed by atoms with Crippen LogP contribution in [0.25, 0.3) is 0 Å². The molecule has 1 rings (SSSR count). The van der Waals surface area contributed by atoms with Gasteiger partial charge in [-0.15, -0.1) is 0 Å². The van der Waals surface area contributed by atoms with Crippen LogP contribution in [0.4, 0.5) is 0 Å². The highest BCUT2D eigenvalue weighted by molar-refractivity contribution is 6.09. The molecule has 0 heterocycles. The number of carbonyl (C=O) groups is 2. The average molecular weight is 154 g/mol. The van der Waals surface area contributed by atoms with Crippen LogP contribution in [0.15, 0.2) is 0 Å². The molecule has 11 heavy (non-hydrogen) atoms. The van der Waals surface area contributed by atoms with E-state index in [-0.39, 0.29) is 23.4 Å². The normalized spacial score (nSPS) is 31.5. The van der Waals surface area contributed by atoms with Gasteiger partial charge in [0.25, 0.3) is 0 Å². The monoisotopic (exact) mass is 154 g/mol. The molecule has 0 aromatic carbocycles. The zero-order valence-electron chi connectivity index (χ0n) is 7.09. The molecule has 0 radical (unpaired) electrons. The second-order valence-corrected chi connectivity index (χ2v) is 3.32. The summed E-state index contributed by atoms with van der Waals surface area (Å²) in [5.41, 5.74) is 0. The van der Waals surface area contributed by atoms with E-state index in [0.717, 1.165) is 12.8 Å². The minimum absolute atomic E-state index is 0.0148. The Balaban J connectivity index is 2.64. The molecule has 0 N–H and O–H groups in total. The summed E-state index contributed by atoms with van der Waals surface area (Å²) in [7, 11) is 0. The van der Waals surface area contributed by atoms with Gasteiger partial charge >= 0.3 is 0 Å². The quantitative estimate of drug-likeness (QED) is 0.566. The van der Waals surface area contributed by atoms with E-state index in [1.807, 2.05) is 13.8 Å². The van der Waals surface area contributed by atoms with Crippen molar-refractivity contribution in [2.45, 2.75) is 33.1 Å². The van der Waals surface area contributed by atoms with Crippen LogP contribution in [-0.2, 0) is 9.59 Å². The van der Waals surface area contributed by atoms with E-state index < -0.39 is 0 Å². The first-order valence-corrected chi connectivity index (χ1v) is 4.23. The molecule has 1 aliphatic rings. The summed E-state index contributed by atoms with van der Waals surface area (Å²) < 4.78 is 0. The Hall–Kier alpha value is -0.660. The lowest BCUT2D eigenvalue weighted by atomic mass is 9.99. The minimum atomic E-state index is -0.255. The van der Waals surface area contributed by atoms with Gasteiger partial charge in [-0.3, -0.25) is 9.59 Å². The molecule has 0 aromatic rings. The maximum absolute atomic E-state index is 11.3. The van der Waals surface area contributed by atoms with Crippen LogP contribution in [0.1, 0.15) is 33.1 Å². The van der Waals surface area contributed by atoms with Crippen LogP contribution >= 0.6 is 0 Å². The Morgan fingerprint density at radius 2 is 2.09 bits per heavy atom. The highest BCUT2D eigenvalue weighted by Crippen LogP contribution is 2.26. The highest BCUT2D eigenvalue weighted by atomic mass is 16.2. The second kappa shape index (κ2) is 3.16. The summed E-state index contributed by atoms with van der Waals surface area (Å²) in [5.74, 6) is 0.0512. The van der Waals surface area contributed by atoms with Gasteiger partial charge in [-0.05, 0) is 6.42 Å². The Bertz CT molecular complexity index is 184. The minimum Gasteiger partial charge on any atom is -0.299 e. The Kier molecular flexibility index (Phi) is 2.42. The standard InChI is InChI=1S/C9H14O2/c1-3-4-7-8(10)5-6(2)9(7)11/h6-7H,3-5H2,1-2H3. The van der Waals surface area contributed by atoms with Gasteiger partial charge in [-0.2, -0.15) is 0 Å². The Labute approximate surface area is 67.0 Å². The predicted octanol–water partition coefficient (Wildman–Crippen LogP) is 1.58. The van der Waals surface area contributed by atoms with Crippen molar-refractivity contribution in [3.05, 3.63) is 0 Å². The Morgan fingerprint density at radius 3 is 2.45 bits per heavy atom. The molecule has 2 heteroatoms. The average Bonchev–Trinajstić information content (AvgIpc) is 2.17. The van der Waals surface area contributed by atoms with E-state index in [1.54, 1.807) is 0 Å². The topological polar surface area (TPSA) is 34.1 Å². The van der Waals surface area contributed by atoms with E-state index in [0.29, 0.717) is 6.42 Å². The lowest BCUT2D eigenvalue weighted by Crippen LogP contribution is -2.15. The summed E-state index contributed by atoms with van der Waals surface area (Å²) in [5, 5.41) is 0. The van der Waals surface area contributed by atoms with Crippen molar-refractivity contribution in [3.8, 4) is 0 Å². The van der Waals surface area contributed by atoms with Crippen LogP contribution in [0.3, 0.4) is 0 Å². The van der Waals surface area contributed by atoms with E-state index >= 15 is 0 Å². The third-order valence-electron chi connectivity index (χ3n) is 2.30. The molecule has 62 valence electrons. The van der Waals surface area contributed by atoms with Crippen molar-refractivity contribution in [1.29, 1.82) is 0 Å². The van der Waals surface area contributed by atoms with Gasteiger partial charge in [0.1, 0.15) is 11.6 Å². The largest absolute Gasteiger partial charge is 0.299 e. The second-order valence-electron chi connectivity index (χ2n) is 3.32. The maximum atomic E-state index is 11.3. The summed E-state index contributed by atoms with van der Waals surface area (Å²) in [6.45, 7) is 3.85. The SMILES string of the molecule is CCCC1C(=O)CC(C)C1=O. The molecule has 1 fully saturated rings. The van der Waals surface area contributed by atoms with Gasteiger partial charge < -0.3 is 0 Å². The molecule has 1 saturated carbocycles. The van der Waals surface area contributed by atoms with Crippen LogP contribution < -0.4 is 0 Å². The maximum Gasteiger partial charge on any atom is 0.146 e. The molecule has 0 spiro atoms. The molecular weight excluding hydrogens is 140 g/mol. The predicted molar refractivity (Wildman–Crippen MR) is 42.2 cm³/mol. The molecule has 2 unspecified atom stereocenters. The summed E-state index contributed by atoms with van der Waals surface area (Å²) in [6.07, 6.45) is 2.15. The Morgan fingerprint density at radius 1 is 1.45 bits per heavy atom. The van der Waals surface area contributed by atoms with E-state index in [4.69, 9.17) is 0 Å². The van der Waals surface area contributed by atoms with Gasteiger partial charge in [0.2, 0.25) is 0 Å². The van der Waals surface area contributed by atoms with Crippen LogP contribution in [0.2, 0.25) is 0 Å². The van der Waals surface area contributed by atoms with Gasteiger partial charge in [0.15, 0.2) is 0 Å². The lowest BCUT2D eigenvalue weighted by molar-refractivity contribution is -0.128. The zero-order chi connectivity index (χ0) is 8.43. The van der Waals surface area contributed by atoms with Crippen molar-refractivity contribution in [3.63, 3.8) is 0 Å². The number of carbonyl (C=O) groups excluding carboxylic acids is 2. The number of hydrogen-bond acceptors (Lipinski definition) is 2. The molecular formula is C9H14O2. The molecule has 0 saturated heterocycles. The van der Waals surface area contributed by atoms with Gasteiger partial charge in [-0.1, -0.05) is 20.3 Å². The number of ketones is 2. The highest BCUT2D eigenvalue weighted by Gasteiger charge is 2.37. The van der Waals surface area contributed by atoms with Crippen molar-refractivity contribution >= 4 is 11.6 Å². The molecule has 0 bridgehead atoms. The first-order chi connectivity index (χ1) is 5.16.